The number of aliphatic hydroxyl groups excluding tert-OH is 1. The van der Waals surface area contributed by atoms with E-state index in [9.17, 15) is 5.11 Å². The minimum absolute atomic E-state index is 0.00905. The van der Waals surface area contributed by atoms with Crippen molar-refractivity contribution in [1.29, 1.82) is 0 Å². The van der Waals surface area contributed by atoms with E-state index in [0.29, 0.717) is 17.1 Å². The molecule has 1 aliphatic rings. The summed E-state index contributed by atoms with van der Waals surface area (Å²) in [6, 6.07) is 5.35. The highest BCUT2D eigenvalue weighted by atomic mass is 35.5. The number of halogens is 1. The SMILES string of the molecule is NC(=NO)c1ccc(N2CCCC(O)C2)cc1Cl. The number of hydrogen-bond donors (Lipinski definition) is 3. The topological polar surface area (TPSA) is 82.1 Å². The minimum Gasteiger partial charge on any atom is -0.409 e. The molecule has 1 aliphatic heterocycles. The second kappa shape index (κ2) is 5.46. The third-order valence-electron chi connectivity index (χ3n) is 3.10. The Labute approximate surface area is 110 Å². The van der Waals surface area contributed by atoms with Gasteiger partial charge in [-0.1, -0.05) is 16.8 Å². The Kier molecular flexibility index (Phi) is 3.93. The van der Waals surface area contributed by atoms with E-state index in [1.54, 1.807) is 12.1 Å². The van der Waals surface area contributed by atoms with Gasteiger partial charge in [0.1, 0.15) is 0 Å². The van der Waals surface area contributed by atoms with Gasteiger partial charge in [-0.25, -0.2) is 0 Å². The van der Waals surface area contributed by atoms with Gasteiger partial charge in [0.05, 0.1) is 11.1 Å². The van der Waals surface area contributed by atoms with Crippen LogP contribution in [-0.4, -0.2) is 35.3 Å². The summed E-state index contributed by atoms with van der Waals surface area (Å²) in [5.74, 6) is -0.00905. The van der Waals surface area contributed by atoms with E-state index < -0.39 is 0 Å². The molecule has 0 spiro atoms. The highest BCUT2D eigenvalue weighted by molar-refractivity contribution is 6.34. The molecule has 1 unspecified atom stereocenters. The lowest BCUT2D eigenvalue weighted by Gasteiger charge is -2.32. The van der Waals surface area contributed by atoms with E-state index in [4.69, 9.17) is 22.5 Å². The standard InChI is InChI=1S/C12H16ClN3O2/c13-11-6-8(3-4-10(11)12(14)15-18)16-5-1-2-9(17)7-16/h3-4,6,9,17-18H,1-2,5,7H2,(H2,14,15). The van der Waals surface area contributed by atoms with Crippen molar-refractivity contribution in [2.45, 2.75) is 18.9 Å². The smallest absolute Gasteiger partial charge is 0.171 e. The van der Waals surface area contributed by atoms with Gasteiger partial charge >= 0.3 is 0 Å². The van der Waals surface area contributed by atoms with Crippen LogP contribution in [0, 0.1) is 0 Å². The van der Waals surface area contributed by atoms with Crippen LogP contribution in [0.1, 0.15) is 18.4 Å². The lowest BCUT2D eigenvalue weighted by atomic mass is 10.1. The lowest BCUT2D eigenvalue weighted by molar-refractivity contribution is 0.154. The summed E-state index contributed by atoms with van der Waals surface area (Å²) in [6.07, 6.45) is 1.51. The Bertz CT molecular complexity index is 465. The van der Waals surface area contributed by atoms with Gasteiger partial charge in [-0.2, -0.15) is 0 Å². The molecule has 1 aromatic rings. The number of nitrogens with two attached hydrogens (primary N) is 1. The van der Waals surface area contributed by atoms with Crippen LogP contribution in [0.25, 0.3) is 0 Å². The number of nitrogens with zero attached hydrogens (tertiary/aromatic N) is 2. The predicted molar refractivity (Wildman–Crippen MR) is 71.4 cm³/mol. The summed E-state index contributed by atoms with van der Waals surface area (Å²) in [7, 11) is 0. The molecule has 6 heteroatoms. The Balaban J connectivity index is 2.23. The Morgan fingerprint density at radius 3 is 2.89 bits per heavy atom. The molecule has 5 nitrogen and oxygen atoms in total. The van der Waals surface area contributed by atoms with Crippen molar-refractivity contribution in [3.63, 3.8) is 0 Å². The molecule has 0 amide bonds. The molecule has 1 atom stereocenters. The highest BCUT2D eigenvalue weighted by Gasteiger charge is 2.18. The summed E-state index contributed by atoms with van der Waals surface area (Å²) in [5, 5.41) is 21.6. The van der Waals surface area contributed by atoms with Gasteiger partial charge in [-0.3, -0.25) is 0 Å². The van der Waals surface area contributed by atoms with Crippen molar-refractivity contribution in [2.24, 2.45) is 10.9 Å². The van der Waals surface area contributed by atoms with E-state index in [-0.39, 0.29) is 11.9 Å². The molecule has 0 aromatic heterocycles. The molecule has 0 saturated carbocycles. The van der Waals surface area contributed by atoms with E-state index in [2.05, 4.69) is 10.1 Å². The fourth-order valence-electron chi connectivity index (χ4n) is 2.15. The molecule has 4 N–H and O–H groups in total. The molecule has 1 fully saturated rings. The first kappa shape index (κ1) is 13.0. The minimum atomic E-state index is -0.290. The molecule has 1 heterocycles. The van der Waals surface area contributed by atoms with Gasteiger partial charge in [-0.15, -0.1) is 0 Å². The number of hydrogen-bond acceptors (Lipinski definition) is 4. The van der Waals surface area contributed by atoms with Gasteiger partial charge in [0.2, 0.25) is 0 Å². The van der Waals surface area contributed by atoms with Crippen LogP contribution in [0.15, 0.2) is 23.4 Å². The summed E-state index contributed by atoms with van der Waals surface area (Å²) in [4.78, 5) is 2.08. The first-order chi connectivity index (χ1) is 8.61. The summed E-state index contributed by atoms with van der Waals surface area (Å²) in [5.41, 5.74) is 6.95. The van der Waals surface area contributed by atoms with Gasteiger partial charge in [0.15, 0.2) is 5.84 Å². The van der Waals surface area contributed by atoms with Crippen molar-refractivity contribution in [3.8, 4) is 0 Å². The Morgan fingerprint density at radius 1 is 1.50 bits per heavy atom. The van der Waals surface area contributed by atoms with Crippen molar-refractivity contribution < 1.29 is 10.3 Å². The van der Waals surface area contributed by atoms with Gasteiger partial charge in [0.25, 0.3) is 0 Å². The maximum Gasteiger partial charge on any atom is 0.171 e. The number of β-amino-alcohol motifs (C(OH)–C–C–N with tert-alkyl or cyclic N) is 1. The van der Waals surface area contributed by atoms with Crippen molar-refractivity contribution in [1.82, 2.24) is 0 Å². The molecule has 2 rings (SSSR count). The normalized spacial score (nSPS) is 21.1. The summed E-state index contributed by atoms with van der Waals surface area (Å²) < 4.78 is 0. The average molecular weight is 270 g/mol. The number of anilines is 1. The second-order valence-corrected chi connectivity index (χ2v) is 4.80. The molecular formula is C12H16ClN3O2. The largest absolute Gasteiger partial charge is 0.409 e. The van der Waals surface area contributed by atoms with Crippen LogP contribution in [0.4, 0.5) is 5.69 Å². The van der Waals surface area contributed by atoms with Gasteiger partial charge < -0.3 is 20.9 Å². The zero-order valence-corrected chi connectivity index (χ0v) is 10.6. The van der Waals surface area contributed by atoms with Crippen molar-refractivity contribution in [2.75, 3.05) is 18.0 Å². The first-order valence-electron chi connectivity index (χ1n) is 5.82. The molecular weight excluding hydrogens is 254 g/mol. The highest BCUT2D eigenvalue weighted by Crippen LogP contribution is 2.26. The number of amidine groups is 1. The lowest BCUT2D eigenvalue weighted by Crippen LogP contribution is -2.38. The monoisotopic (exact) mass is 269 g/mol. The summed E-state index contributed by atoms with van der Waals surface area (Å²) in [6.45, 7) is 1.51. The van der Waals surface area contributed by atoms with Gasteiger partial charge in [-0.05, 0) is 31.0 Å². The van der Waals surface area contributed by atoms with Crippen molar-refractivity contribution >= 4 is 23.1 Å². The molecule has 1 aromatic carbocycles. The second-order valence-electron chi connectivity index (χ2n) is 4.39. The van der Waals surface area contributed by atoms with Crippen LogP contribution in [0.5, 0.6) is 0 Å². The zero-order chi connectivity index (χ0) is 13.1. The van der Waals surface area contributed by atoms with Crippen LogP contribution in [-0.2, 0) is 0 Å². The van der Waals surface area contributed by atoms with Crippen LogP contribution < -0.4 is 10.6 Å². The average Bonchev–Trinajstić information content (AvgIpc) is 2.37. The third-order valence-corrected chi connectivity index (χ3v) is 3.41. The van der Waals surface area contributed by atoms with Crippen LogP contribution >= 0.6 is 11.6 Å². The van der Waals surface area contributed by atoms with E-state index >= 15 is 0 Å². The molecule has 0 bridgehead atoms. The molecule has 0 radical (unpaired) electrons. The Hall–Kier alpha value is -1.46. The molecule has 98 valence electrons. The third kappa shape index (κ3) is 2.68. The predicted octanol–water partition coefficient (Wildman–Crippen LogP) is 1.40. The van der Waals surface area contributed by atoms with Crippen LogP contribution in [0.2, 0.25) is 5.02 Å². The van der Waals surface area contributed by atoms with Crippen LogP contribution in [0.3, 0.4) is 0 Å². The number of piperidine rings is 1. The maximum atomic E-state index is 9.64. The molecule has 18 heavy (non-hydrogen) atoms. The van der Waals surface area contributed by atoms with E-state index in [1.807, 2.05) is 6.07 Å². The number of oxime groups is 1. The maximum absolute atomic E-state index is 9.64. The fourth-order valence-corrected chi connectivity index (χ4v) is 2.42. The molecule has 1 saturated heterocycles. The summed E-state index contributed by atoms with van der Waals surface area (Å²) >= 11 is 6.10. The van der Waals surface area contributed by atoms with Gasteiger partial charge in [0, 0.05) is 24.3 Å². The Morgan fingerprint density at radius 2 is 2.28 bits per heavy atom. The molecule has 0 aliphatic carbocycles. The number of aliphatic hydroxyl groups is 1. The van der Waals surface area contributed by atoms with Crippen molar-refractivity contribution in [3.05, 3.63) is 28.8 Å². The van der Waals surface area contributed by atoms with E-state index in [0.717, 1.165) is 25.1 Å². The fraction of sp³-hybridized carbons (Fsp3) is 0.417. The number of rotatable bonds is 2. The quantitative estimate of drug-likeness (QED) is 0.328. The van der Waals surface area contributed by atoms with E-state index in [1.165, 1.54) is 0 Å². The first-order valence-corrected chi connectivity index (χ1v) is 6.20. The zero-order valence-electron chi connectivity index (χ0n) is 9.88. The number of benzene rings is 1.